The zero-order chi connectivity index (χ0) is 90.6. The van der Waals surface area contributed by atoms with Crippen LogP contribution in [-0.2, 0) is 0 Å². The van der Waals surface area contributed by atoms with Gasteiger partial charge in [-0.15, -0.1) is 0 Å². The third-order valence-corrected chi connectivity index (χ3v) is 15.8. The molecule has 0 radical (unpaired) electrons. The summed E-state index contributed by atoms with van der Waals surface area (Å²) in [5, 5.41) is -9.40. The van der Waals surface area contributed by atoms with Crippen molar-refractivity contribution >= 4 is 72.4 Å². The van der Waals surface area contributed by atoms with Crippen LogP contribution in [0.15, 0.2) is 290 Å². The highest BCUT2D eigenvalue weighted by Crippen LogP contribution is 2.41. The fraction of sp³-hybridized carbons (Fsp3) is 0. The molecule has 11 aromatic carbocycles. The van der Waals surface area contributed by atoms with Gasteiger partial charge in [-0.1, -0.05) is 272 Å². The van der Waals surface area contributed by atoms with Crippen molar-refractivity contribution in [1.29, 1.82) is 0 Å². The van der Waals surface area contributed by atoms with E-state index in [2.05, 4.69) is 0 Å². The SMILES string of the molecule is [2H]c1c([2H])c([2H])c(-c2c([2H])c([2H])c([2H])c([Si](c3c([2H])c([2H])c([2H])c([2H])c3[2H])(c3c([2H])c([2H])c([2H])c([2H])c3[2H])c3c([2H])c([2H])c([2H])c(-c4cc(-n5c6c([2H])c([2H])c([2H])c([2H])c6c6c([2H])c([2H])c([2H])c(-c7c([2H])c([2H])c([2H])c([2H])c7[2H])c65)nc(-n5c6c([2H])c([2H])c([2H])c([2H])c6c6c([2H])c([2H])c([2H])c(-c7c([2H])c([2H])c([2H])c([2H])c7[2H])c65)n4)c3[2H])c2[2H])c([2H])c1[2H]. The Balaban J connectivity index is 1.35. The Morgan fingerprint density at radius 3 is 1.24 bits per heavy atom. The highest BCUT2D eigenvalue weighted by Gasteiger charge is 2.42. The van der Waals surface area contributed by atoms with Gasteiger partial charge in [-0.05, 0) is 55.1 Å². The molecule has 0 unspecified atom stereocenters. The summed E-state index contributed by atoms with van der Waals surface area (Å²) in [6.07, 6.45) is 0. The molecule has 4 nitrogen and oxygen atoms in total. The molecule has 14 rings (SSSR count). The minimum absolute atomic E-state index is 0.499. The van der Waals surface area contributed by atoms with Crippen LogP contribution in [0.25, 0.3) is 100 Å². The molecule has 3 heterocycles. The molecule has 0 aliphatic heterocycles. The van der Waals surface area contributed by atoms with Gasteiger partial charge in [0.1, 0.15) is 5.82 Å². The van der Waals surface area contributed by atoms with Crippen molar-refractivity contribution in [1.82, 2.24) is 19.1 Å². The topological polar surface area (TPSA) is 35.6 Å². The third-order valence-electron chi connectivity index (χ3n) is 11.8. The lowest BCUT2D eigenvalue weighted by Crippen LogP contribution is -2.74. The van der Waals surface area contributed by atoms with Crippen LogP contribution in [0, 0.1) is 0 Å². The minimum Gasteiger partial charge on any atom is -0.293 e. The minimum atomic E-state index is -7.15. The summed E-state index contributed by atoms with van der Waals surface area (Å²) in [5.41, 5.74) is -13.2. The Bertz CT molecular complexity index is 6830. The van der Waals surface area contributed by atoms with Crippen molar-refractivity contribution < 1.29 is 64.4 Å². The molecular weight excluding hydrogens is 925 g/mol. The molecule has 0 saturated heterocycles. The third kappa shape index (κ3) is 7.35. The molecule has 0 bridgehead atoms. The van der Waals surface area contributed by atoms with Crippen molar-refractivity contribution in [2.75, 3.05) is 0 Å². The van der Waals surface area contributed by atoms with Gasteiger partial charge in [0.15, 0.2) is 8.07 Å². The first kappa shape index (κ1) is 17.2. The van der Waals surface area contributed by atoms with Crippen molar-refractivity contribution in [2.45, 2.75) is 0 Å². The number of fused-ring (bicyclic) bond motifs is 6. The summed E-state index contributed by atoms with van der Waals surface area (Å²) in [6.45, 7) is 0. The predicted octanol–water partition coefficient (Wildman–Crippen LogP) is 14.7. The summed E-state index contributed by atoms with van der Waals surface area (Å²) in [5.74, 6) is -2.54. The van der Waals surface area contributed by atoms with E-state index in [1.54, 1.807) is 0 Å². The normalized spacial score (nSPS) is 20.5. The van der Waals surface area contributed by atoms with E-state index in [4.69, 9.17) is 27.8 Å². The van der Waals surface area contributed by atoms with Gasteiger partial charge in [-0.2, -0.15) is 4.98 Å². The Morgan fingerprint density at radius 2 is 0.693 bits per heavy atom. The van der Waals surface area contributed by atoms with Gasteiger partial charge in [0.2, 0.25) is 5.95 Å². The molecule has 75 heavy (non-hydrogen) atoms. The largest absolute Gasteiger partial charge is 0.293 e. The maximum Gasteiger partial charge on any atom is 0.237 e. The first-order chi connectivity index (χ1) is 56.7. The molecular formula is C70H48N4Si. The number of rotatable bonds is 10. The molecule has 0 aliphatic carbocycles. The Morgan fingerprint density at radius 1 is 0.307 bits per heavy atom. The van der Waals surface area contributed by atoms with Gasteiger partial charge >= 0.3 is 0 Å². The van der Waals surface area contributed by atoms with Crippen LogP contribution in [-0.4, -0.2) is 27.2 Å². The Hall–Kier alpha value is -9.68. The lowest BCUT2D eigenvalue weighted by molar-refractivity contribution is 0.952. The van der Waals surface area contributed by atoms with Crippen LogP contribution in [0.4, 0.5) is 0 Å². The maximum atomic E-state index is 11.1. The molecule has 0 saturated carbocycles. The number of para-hydroxylation sites is 4. The van der Waals surface area contributed by atoms with Crippen LogP contribution in [0.5, 0.6) is 0 Å². The molecule has 352 valence electrons. The Labute approximate surface area is 502 Å². The van der Waals surface area contributed by atoms with E-state index < -0.39 is 413 Å². The zero-order valence-corrected chi connectivity index (χ0v) is 38.4. The zero-order valence-electron chi connectivity index (χ0n) is 84.4. The lowest BCUT2D eigenvalue weighted by Gasteiger charge is -2.35. The number of nitrogens with zero attached hydrogens (tertiary/aromatic N) is 4. The molecule has 14 aromatic rings. The fourth-order valence-corrected chi connectivity index (χ4v) is 12.4. The first-order valence-electron chi connectivity index (χ1n) is 45.3. The average Bonchev–Trinajstić information content (AvgIpc) is 0.825. The van der Waals surface area contributed by atoms with E-state index in [1.807, 2.05) is 0 Å². The number of hydrogen-bond acceptors (Lipinski definition) is 2. The predicted molar refractivity (Wildman–Crippen MR) is 316 cm³/mol. The van der Waals surface area contributed by atoms with Crippen molar-refractivity contribution in [3.63, 3.8) is 0 Å². The molecule has 0 spiro atoms. The van der Waals surface area contributed by atoms with E-state index in [1.165, 1.54) is 0 Å². The molecule has 5 heteroatoms. The monoisotopic (exact) mass is 1020 g/mol. The summed E-state index contributed by atoms with van der Waals surface area (Å²) in [4.78, 5) is 9.62. The summed E-state index contributed by atoms with van der Waals surface area (Å²) < 4.78 is 446. The molecule has 0 atom stereocenters. The quantitative estimate of drug-likeness (QED) is 0.101. The molecule has 0 amide bonds. The highest BCUT2D eigenvalue weighted by molar-refractivity contribution is 7.20. The molecule has 0 fully saturated rings. The van der Waals surface area contributed by atoms with E-state index in [9.17, 15) is 46.6 Å². The van der Waals surface area contributed by atoms with Crippen LogP contribution in [0.1, 0.15) is 64.4 Å². The summed E-state index contributed by atoms with van der Waals surface area (Å²) in [7, 11) is -7.15. The second-order valence-corrected chi connectivity index (χ2v) is 19.2. The standard InChI is InChI=1S/C70H48N4Si/c1-6-24-49(25-7-1)52-30-20-36-56(46-52)75(54-32-12-4-13-33-54,55-34-14-5-15-35-55)57-37-21-31-53(47-57)64-48-67(73-65-44-18-16-38-60(65)62-42-22-40-58(68(62)73)50-26-8-2-9-27-50)72-70(71-64)74-66-45-19-17-39-61(66)63-43-23-41-59(69(63)74)51-28-10-3-11-29-51/h1-48H/i1D,2D,3D,4D,5D,6D,7D,8D,9D,10D,11D,12D,13D,14D,15D,16D,17D,18D,19D,20D,21D,22D,23D,24D,25D,26D,27D,28D,29D,30D,31D,32D,33D,34D,35D,36D,37D,38D,39D,40D,41D,42D,43D,44D,45D,46D,47D. The van der Waals surface area contributed by atoms with E-state index >= 15 is 0 Å². The van der Waals surface area contributed by atoms with Crippen molar-refractivity contribution in [3.8, 4) is 56.4 Å². The van der Waals surface area contributed by atoms with E-state index in [0.717, 1.165) is 0 Å². The second-order valence-electron chi connectivity index (χ2n) is 15.7. The van der Waals surface area contributed by atoms with Gasteiger partial charge in [0, 0.05) is 44.3 Å². The van der Waals surface area contributed by atoms with Gasteiger partial charge in [-0.25, -0.2) is 4.98 Å². The van der Waals surface area contributed by atoms with Gasteiger partial charge < -0.3 is 0 Å². The smallest absolute Gasteiger partial charge is 0.237 e. The highest BCUT2D eigenvalue weighted by atomic mass is 28.3. The van der Waals surface area contributed by atoms with Crippen LogP contribution in [0.3, 0.4) is 0 Å². The van der Waals surface area contributed by atoms with Crippen LogP contribution < -0.4 is 20.7 Å². The first-order valence-corrected chi connectivity index (χ1v) is 23.8. The van der Waals surface area contributed by atoms with Crippen LogP contribution >= 0.6 is 0 Å². The van der Waals surface area contributed by atoms with Crippen molar-refractivity contribution in [2.24, 2.45) is 0 Å². The fourth-order valence-electron chi connectivity index (χ4n) is 8.76. The summed E-state index contributed by atoms with van der Waals surface area (Å²) in [6, 6.07) is -60.3. The van der Waals surface area contributed by atoms with Gasteiger partial charge in [0.25, 0.3) is 0 Å². The van der Waals surface area contributed by atoms with E-state index in [-0.39, 0.29) is 0 Å². The molecule has 0 N–H and O–H groups in total. The maximum absolute atomic E-state index is 11.1. The number of benzene rings is 11. The number of hydrogen-bond donors (Lipinski definition) is 0. The number of aromatic nitrogens is 4. The molecule has 0 aliphatic rings. The molecule has 3 aromatic heterocycles. The van der Waals surface area contributed by atoms with Gasteiger partial charge in [0.05, 0.1) is 92.2 Å². The van der Waals surface area contributed by atoms with E-state index in [0.29, 0.717) is 15.2 Å². The Kier molecular flexibility index (Phi) is 4.23. The average molecular weight is 1020 g/mol. The van der Waals surface area contributed by atoms with Gasteiger partial charge in [-0.3, -0.25) is 9.13 Å². The summed E-state index contributed by atoms with van der Waals surface area (Å²) >= 11 is 0. The van der Waals surface area contributed by atoms with Crippen molar-refractivity contribution in [3.05, 3.63) is 290 Å². The van der Waals surface area contributed by atoms with Crippen LogP contribution in [0.2, 0.25) is 0 Å². The lowest BCUT2D eigenvalue weighted by atomic mass is 10.0. The second kappa shape index (κ2) is 18.4.